The zero-order chi connectivity index (χ0) is 31.9. The molecule has 0 saturated heterocycles. The van der Waals surface area contributed by atoms with Gasteiger partial charge in [0.05, 0.1) is 11.1 Å². The highest BCUT2D eigenvalue weighted by molar-refractivity contribution is 8.04. The van der Waals surface area contributed by atoms with Crippen molar-refractivity contribution in [3.05, 3.63) is 50.4 Å². The van der Waals surface area contributed by atoms with Gasteiger partial charge in [-0.05, 0) is 36.8 Å². The second kappa shape index (κ2) is 13.6. The number of benzene rings is 1. The third-order valence-corrected chi connectivity index (χ3v) is 7.89. The van der Waals surface area contributed by atoms with Crippen molar-refractivity contribution >= 4 is 37.1 Å². The van der Waals surface area contributed by atoms with E-state index in [9.17, 15) is 43.2 Å². The molecule has 1 unspecified atom stereocenters. The lowest BCUT2D eigenvalue weighted by Gasteiger charge is -2.27. The number of hydrogen-bond acceptors (Lipinski definition) is 9. The molecular formula is C23H28F6N4O4S3. The highest BCUT2D eigenvalue weighted by Gasteiger charge is 2.37. The Morgan fingerprint density at radius 2 is 1.35 bits per heavy atom. The molecule has 224 valence electrons. The van der Waals surface area contributed by atoms with E-state index in [2.05, 4.69) is 10.6 Å². The van der Waals surface area contributed by atoms with E-state index >= 15 is 0 Å². The van der Waals surface area contributed by atoms with Gasteiger partial charge in [-0.3, -0.25) is 0 Å². The van der Waals surface area contributed by atoms with E-state index in [0.29, 0.717) is 30.2 Å². The van der Waals surface area contributed by atoms with Gasteiger partial charge in [0, 0.05) is 30.4 Å². The summed E-state index contributed by atoms with van der Waals surface area (Å²) >= 11 is 0.655. The van der Waals surface area contributed by atoms with E-state index in [1.54, 1.807) is 6.07 Å². The van der Waals surface area contributed by atoms with Crippen LogP contribution < -0.4 is 10.6 Å². The highest BCUT2D eigenvalue weighted by atomic mass is 32.2. The van der Waals surface area contributed by atoms with Crippen LogP contribution in [0.4, 0.5) is 32.0 Å². The lowest BCUT2D eigenvalue weighted by atomic mass is 9.88. The molecule has 0 fully saturated rings. The smallest absolute Gasteiger partial charge is 0.386 e. The van der Waals surface area contributed by atoms with Crippen LogP contribution in [0.15, 0.2) is 39.2 Å². The molecule has 0 saturated carbocycles. The zero-order valence-electron chi connectivity index (χ0n) is 22.4. The number of halogens is 6. The van der Waals surface area contributed by atoms with Crippen molar-refractivity contribution in [3.63, 3.8) is 0 Å². The summed E-state index contributed by atoms with van der Waals surface area (Å²) in [6.45, 7) is 8.04. The normalized spacial score (nSPS) is 14.5. The fourth-order valence-electron chi connectivity index (χ4n) is 2.33. The largest absolute Gasteiger partial charge is 0.416 e. The Morgan fingerprint density at radius 3 is 1.62 bits per heavy atom. The Labute approximate surface area is 234 Å². The fourth-order valence-corrected chi connectivity index (χ4v) is 4.49. The van der Waals surface area contributed by atoms with Gasteiger partial charge < -0.3 is 10.6 Å². The summed E-state index contributed by atoms with van der Waals surface area (Å²) in [4.78, 5) is -1.04. The van der Waals surface area contributed by atoms with Gasteiger partial charge in [0.2, 0.25) is 0 Å². The van der Waals surface area contributed by atoms with Crippen LogP contribution in [0.2, 0.25) is 0 Å². The van der Waals surface area contributed by atoms with Crippen LogP contribution in [-0.4, -0.2) is 41.6 Å². The summed E-state index contributed by atoms with van der Waals surface area (Å²) in [5, 5.41) is 22.2. The van der Waals surface area contributed by atoms with Crippen LogP contribution in [0.25, 0.3) is 0 Å². The molecule has 0 aliphatic heterocycles. The van der Waals surface area contributed by atoms with Gasteiger partial charge in [0.25, 0.3) is 0 Å². The first kappa shape index (κ1) is 37.1. The van der Waals surface area contributed by atoms with E-state index < -0.39 is 58.8 Å². The maximum atomic E-state index is 12.8. The summed E-state index contributed by atoms with van der Waals surface area (Å²) in [5.74, 6) is 0. The number of thioether (sulfide) groups is 1. The van der Waals surface area contributed by atoms with Crippen molar-refractivity contribution < 1.29 is 43.2 Å². The van der Waals surface area contributed by atoms with Crippen molar-refractivity contribution in [3.8, 4) is 12.1 Å². The third-order valence-electron chi connectivity index (χ3n) is 5.00. The predicted octanol–water partition coefficient (Wildman–Crippen LogP) is 5.66. The maximum Gasteiger partial charge on any atom is 0.416 e. The molecule has 0 aliphatic carbocycles. The molecule has 17 heteroatoms. The molecular weight excluding hydrogens is 606 g/mol. The topological polar surface area (TPSA) is 140 Å². The van der Waals surface area contributed by atoms with Crippen molar-refractivity contribution in [2.75, 3.05) is 24.1 Å². The van der Waals surface area contributed by atoms with Crippen LogP contribution in [0.1, 0.15) is 38.8 Å². The molecule has 0 amide bonds. The average Bonchev–Trinajstić information content (AvgIpc) is 2.75. The van der Waals surface area contributed by atoms with E-state index in [1.807, 2.05) is 27.7 Å². The molecule has 0 radical (unpaired) electrons. The van der Waals surface area contributed by atoms with E-state index in [0.717, 1.165) is 6.26 Å². The molecule has 0 aromatic heterocycles. The standard InChI is InChI=1S/C13H10F6N2O2S2.C10H18N2O2S/c1-24-11(10(6-20)25(2,22)23)21-9-4-7(12(14,15)16)3-8(5-9)13(17,18)19;1-8(10(2,3)4)12-7-9(6-11)15(5,13)14/h3-5,21H,1-2H3;7-8,12H,1-5H3. The Kier molecular flexibility index (Phi) is 12.7. The molecule has 0 aliphatic rings. The molecule has 2 N–H and O–H groups in total. The Morgan fingerprint density at radius 1 is 0.900 bits per heavy atom. The first-order chi connectivity index (χ1) is 17.8. The molecule has 0 heterocycles. The Hall–Kier alpha value is -2.89. The van der Waals surface area contributed by atoms with Gasteiger partial charge in [-0.2, -0.15) is 36.9 Å². The maximum absolute atomic E-state index is 12.8. The minimum atomic E-state index is -5.05. The van der Waals surface area contributed by atoms with Crippen LogP contribution >= 0.6 is 11.8 Å². The van der Waals surface area contributed by atoms with E-state index in [4.69, 9.17) is 10.5 Å². The van der Waals surface area contributed by atoms with E-state index in [-0.39, 0.29) is 22.4 Å². The van der Waals surface area contributed by atoms with Gasteiger partial charge in [-0.25, -0.2) is 16.8 Å². The number of sulfone groups is 2. The first-order valence-electron chi connectivity index (χ1n) is 10.8. The molecule has 40 heavy (non-hydrogen) atoms. The van der Waals surface area contributed by atoms with Gasteiger partial charge >= 0.3 is 12.4 Å². The molecule has 8 nitrogen and oxygen atoms in total. The number of nitrogens with one attached hydrogen (secondary N) is 2. The summed E-state index contributed by atoms with van der Waals surface area (Å²) in [5.41, 5.74) is -3.77. The van der Waals surface area contributed by atoms with E-state index in [1.165, 1.54) is 18.5 Å². The average molecular weight is 635 g/mol. The first-order valence-corrected chi connectivity index (χ1v) is 15.8. The molecule has 0 spiro atoms. The van der Waals surface area contributed by atoms with Crippen molar-refractivity contribution in [2.45, 2.75) is 46.1 Å². The lowest BCUT2D eigenvalue weighted by Crippen LogP contribution is -2.34. The Bertz CT molecular complexity index is 1400. The summed E-state index contributed by atoms with van der Waals surface area (Å²) < 4.78 is 122. The number of anilines is 1. The number of alkyl halides is 6. The lowest BCUT2D eigenvalue weighted by molar-refractivity contribution is -0.143. The van der Waals surface area contributed by atoms with Crippen molar-refractivity contribution in [1.29, 1.82) is 10.5 Å². The summed E-state index contributed by atoms with van der Waals surface area (Å²) in [6, 6.07) is 3.84. The molecule has 0 bridgehead atoms. The van der Waals surface area contributed by atoms with Gasteiger partial charge in [-0.1, -0.05) is 20.8 Å². The fraction of sp³-hybridized carbons (Fsp3) is 0.478. The number of nitrogens with zero attached hydrogens (tertiary/aromatic N) is 2. The number of rotatable bonds is 7. The SMILES string of the molecule is CC(NC=C(C#N)S(C)(=O)=O)C(C)(C)C.CSC(Nc1cc(C(F)(F)F)cc(C(F)(F)F)c1)=C(C#N)S(C)(=O)=O. The summed E-state index contributed by atoms with van der Waals surface area (Å²) in [7, 11) is -7.45. The molecule has 1 rings (SSSR count). The second-order valence-corrected chi connectivity index (χ2v) is 14.1. The van der Waals surface area contributed by atoms with Gasteiger partial charge in [-0.15, -0.1) is 11.8 Å². The van der Waals surface area contributed by atoms with Crippen molar-refractivity contribution in [1.82, 2.24) is 5.32 Å². The Balaban J connectivity index is 0.000000868. The zero-order valence-corrected chi connectivity index (χ0v) is 24.9. The third kappa shape index (κ3) is 12.1. The number of hydrogen-bond donors (Lipinski definition) is 2. The van der Waals surface area contributed by atoms with Crippen LogP contribution in [-0.2, 0) is 32.0 Å². The minimum Gasteiger partial charge on any atom is -0.386 e. The van der Waals surface area contributed by atoms with Gasteiger partial charge in [0.1, 0.15) is 17.2 Å². The van der Waals surface area contributed by atoms with Crippen molar-refractivity contribution in [2.24, 2.45) is 5.41 Å². The van der Waals surface area contributed by atoms with Crippen LogP contribution in [0.5, 0.6) is 0 Å². The quantitative estimate of drug-likeness (QED) is 0.287. The number of allylic oxidation sites excluding steroid dienone is 2. The highest BCUT2D eigenvalue weighted by Crippen LogP contribution is 2.38. The van der Waals surface area contributed by atoms with Gasteiger partial charge in [0.15, 0.2) is 29.5 Å². The monoisotopic (exact) mass is 634 g/mol. The van der Waals surface area contributed by atoms with Crippen LogP contribution in [0.3, 0.4) is 0 Å². The number of nitriles is 2. The minimum absolute atomic E-state index is 0.00850. The molecule has 1 aromatic rings. The molecule has 1 atom stereocenters. The van der Waals surface area contributed by atoms with Crippen LogP contribution in [0, 0.1) is 28.1 Å². The summed E-state index contributed by atoms with van der Waals surface area (Å²) in [6.07, 6.45) is -5.80. The predicted molar refractivity (Wildman–Crippen MR) is 142 cm³/mol. The second-order valence-electron chi connectivity index (χ2n) is 9.31. The molecule has 1 aromatic carbocycles.